The third-order valence-corrected chi connectivity index (χ3v) is 14.1. The molecule has 0 aliphatic heterocycles. The van der Waals surface area contributed by atoms with Crippen LogP contribution in [0.15, 0.2) is 120 Å². The van der Waals surface area contributed by atoms with Gasteiger partial charge in [-0.3, -0.25) is 57.4 Å². The summed E-state index contributed by atoms with van der Waals surface area (Å²) < 4.78 is 57.5. The summed E-state index contributed by atoms with van der Waals surface area (Å²) in [5.74, 6) is -6.78. The molecule has 3 N–H and O–H groups in total. The molecule has 9 rings (SSSR count). The highest BCUT2D eigenvalue weighted by Gasteiger charge is 2.29. The van der Waals surface area contributed by atoms with Gasteiger partial charge in [0.2, 0.25) is 46.4 Å². The van der Waals surface area contributed by atoms with Crippen molar-refractivity contribution in [2.75, 3.05) is 0 Å². The molecule has 6 aromatic heterocycles. The Balaban J connectivity index is 0.000000190. The first kappa shape index (κ1) is 66.9. The van der Waals surface area contributed by atoms with E-state index in [2.05, 4.69) is 34.9 Å². The lowest BCUT2D eigenvalue weighted by Gasteiger charge is -2.18. The van der Waals surface area contributed by atoms with Crippen LogP contribution in [0.3, 0.4) is 0 Å². The molecule has 0 aliphatic carbocycles. The molecule has 89 heavy (non-hydrogen) atoms. The number of nitrogens with one attached hydrogen (secondary N) is 3. The Kier molecular flexibility index (Phi) is 21.1. The standard InChI is InChI=1S/C22H21F2N3O3.C21H18ClF2N3O3.C21H21ClN4O3/c1-11(2)18-19(20(28)15-6-12(3)5-13(4)7-15)27(22(30)26-21(18)29)10-14-8-16(23)25-17(24)9-14;1-10(2)17-18(19(28)13-4-11(3)5-14(22)8-13)27(21(30)26-20(17)29)9-12-6-15(23)25-16(24)7-12;1-11(2)16-17(18(27)14-8-12(3)7-13(4)9-14)26(21(29)25-19(16)28)10-15-5-6-23-20(22)24-15/h5-9,11H,10H2,1-4H3,(H,26,29,30);4-8,10H,9H2,1-3H3,(H,26,29,30);5-9,11H,10H2,1-4H3,(H,25,28,29). The van der Waals surface area contributed by atoms with Crippen molar-refractivity contribution in [2.24, 2.45) is 0 Å². The predicted octanol–water partition coefficient (Wildman–Crippen LogP) is 9.80. The summed E-state index contributed by atoms with van der Waals surface area (Å²) in [6.07, 6.45) is 1.47. The van der Waals surface area contributed by atoms with Crippen LogP contribution in [0.25, 0.3) is 0 Å². The summed E-state index contributed by atoms with van der Waals surface area (Å²) >= 11 is 11.9. The maximum Gasteiger partial charge on any atom is 0.329 e. The van der Waals surface area contributed by atoms with Gasteiger partial charge < -0.3 is 0 Å². The van der Waals surface area contributed by atoms with Crippen molar-refractivity contribution in [1.82, 2.24) is 48.6 Å². The third-order valence-electron chi connectivity index (χ3n) is 13.7. The van der Waals surface area contributed by atoms with Crippen molar-refractivity contribution >= 4 is 40.6 Å². The van der Waals surface area contributed by atoms with Crippen LogP contribution in [-0.4, -0.2) is 65.9 Å². The minimum absolute atomic E-state index is 0.0244. The van der Waals surface area contributed by atoms with Crippen molar-refractivity contribution in [3.8, 4) is 0 Å². The highest BCUT2D eigenvalue weighted by molar-refractivity contribution is 6.31. The highest BCUT2D eigenvalue weighted by Crippen LogP contribution is 2.25. The molecule has 0 unspecified atom stereocenters. The lowest BCUT2D eigenvalue weighted by atomic mass is 9.95. The maximum atomic E-state index is 13.6. The number of halogens is 6. The molecule has 0 atom stereocenters. The smallest absolute Gasteiger partial charge is 0.287 e. The van der Waals surface area contributed by atoms with Gasteiger partial charge in [0.25, 0.3) is 16.7 Å². The Morgan fingerprint density at radius 1 is 0.438 bits per heavy atom. The van der Waals surface area contributed by atoms with Crippen molar-refractivity contribution in [3.63, 3.8) is 0 Å². The van der Waals surface area contributed by atoms with E-state index in [4.69, 9.17) is 23.2 Å². The van der Waals surface area contributed by atoms with Crippen molar-refractivity contribution in [3.05, 3.63) is 283 Å². The van der Waals surface area contributed by atoms with Crippen LogP contribution in [-0.2, 0) is 19.6 Å². The molecule has 0 saturated heterocycles. The number of ketones is 3. The van der Waals surface area contributed by atoms with Gasteiger partial charge in [-0.05, 0) is 153 Å². The van der Waals surface area contributed by atoms with E-state index >= 15 is 0 Å². The molecule has 462 valence electrons. The molecule has 0 fully saturated rings. The fourth-order valence-corrected chi connectivity index (χ4v) is 10.7. The minimum atomic E-state index is -1.06. The monoisotopic (exact) mass is 1260 g/mol. The van der Waals surface area contributed by atoms with Gasteiger partial charge in [-0.1, -0.05) is 87.5 Å². The maximum absolute atomic E-state index is 13.6. The largest absolute Gasteiger partial charge is 0.329 e. The van der Waals surface area contributed by atoms with Gasteiger partial charge in [0, 0.05) is 44.6 Å². The van der Waals surface area contributed by atoms with E-state index in [-0.39, 0.29) is 93.0 Å². The summed E-state index contributed by atoms with van der Waals surface area (Å²) in [6.45, 7) is 19.0. The number of pyridine rings is 2. The quantitative estimate of drug-likeness (QED) is 0.0374. The van der Waals surface area contributed by atoms with Gasteiger partial charge in [-0.25, -0.2) is 24.4 Å². The second kappa shape index (κ2) is 28.0. The second-order valence-corrected chi connectivity index (χ2v) is 22.9. The normalized spacial score (nSPS) is 11.1. The molecule has 9 aromatic rings. The highest BCUT2D eigenvalue weighted by atomic mass is 35.5. The molecule has 0 aliphatic rings. The third kappa shape index (κ3) is 16.1. The summed E-state index contributed by atoms with van der Waals surface area (Å²) in [7, 11) is 0. The van der Waals surface area contributed by atoms with Crippen molar-refractivity contribution in [1.29, 1.82) is 0 Å². The molecule has 19 nitrogen and oxygen atoms in total. The van der Waals surface area contributed by atoms with Crippen LogP contribution in [0.1, 0.15) is 169 Å². The van der Waals surface area contributed by atoms with Crippen molar-refractivity contribution < 1.29 is 31.9 Å². The predicted molar refractivity (Wildman–Crippen MR) is 327 cm³/mol. The molecular weight excluding hydrogens is 1200 g/mol. The number of benzene rings is 3. The summed E-state index contributed by atoms with van der Waals surface area (Å²) in [5, 5.41) is 0.354. The zero-order chi connectivity index (χ0) is 65.6. The molecule has 0 saturated carbocycles. The fourth-order valence-electron chi connectivity index (χ4n) is 10.2. The van der Waals surface area contributed by atoms with E-state index in [1.165, 1.54) is 16.8 Å². The van der Waals surface area contributed by atoms with E-state index in [1.807, 2.05) is 39.8 Å². The number of aromatic amines is 3. The lowest BCUT2D eigenvalue weighted by molar-refractivity contribution is 0.101. The van der Waals surface area contributed by atoms with Crippen LogP contribution < -0.4 is 33.7 Å². The average Bonchev–Trinajstić information content (AvgIpc) is 0.915. The first-order valence-electron chi connectivity index (χ1n) is 27.6. The van der Waals surface area contributed by atoms with Gasteiger partial charge in [0.05, 0.1) is 25.3 Å². The number of hydrogen-bond acceptors (Lipinski definition) is 13. The molecule has 0 radical (unpaired) electrons. The topological polar surface area (TPSA) is 267 Å². The molecular formula is C64H60Cl2F4N10O9. The number of carbonyl (C=O) groups is 3. The van der Waals surface area contributed by atoms with Gasteiger partial charge in [-0.15, -0.1) is 0 Å². The Hall–Kier alpha value is -9.61. The van der Waals surface area contributed by atoms with Crippen LogP contribution in [0.5, 0.6) is 0 Å². The van der Waals surface area contributed by atoms with E-state index in [9.17, 15) is 60.7 Å². The zero-order valence-corrected chi connectivity index (χ0v) is 51.6. The van der Waals surface area contributed by atoms with E-state index in [0.717, 1.165) is 55.7 Å². The first-order chi connectivity index (χ1) is 41.8. The second-order valence-electron chi connectivity index (χ2n) is 22.1. The summed E-state index contributed by atoms with van der Waals surface area (Å²) in [4.78, 5) is 137. The first-order valence-corrected chi connectivity index (χ1v) is 28.4. The average molecular weight is 1260 g/mol. The van der Waals surface area contributed by atoms with Crippen LogP contribution in [0.2, 0.25) is 10.3 Å². The van der Waals surface area contributed by atoms with Gasteiger partial charge >= 0.3 is 17.1 Å². The number of aromatic nitrogens is 10. The number of rotatable bonds is 15. The molecule has 0 amide bonds. The SMILES string of the molecule is Cc1cc(C)cc(C(=O)c2c(C(C)C)c(=O)[nH]c(=O)n2Cc2cc(F)nc(F)c2)c1.Cc1cc(C)cc(C(=O)c2c(C(C)C)c(=O)[nH]c(=O)n2Cc2ccnc(Cl)n2)c1.Cc1cc(Cl)cc(C(=O)c2c(C(C)C)c(=O)[nH]c(=O)n2Cc2cc(F)nc(F)c2)c1. The van der Waals surface area contributed by atoms with Gasteiger partial charge in [0.1, 0.15) is 17.1 Å². The Morgan fingerprint density at radius 2 is 0.742 bits per heavy atom. The number of hydrogen-bond donors (Lipinski definition) is 3. The van der Waals surface area contributed by atoms with Gasteiger partial charge in [-0.2, -0.15) is 27.5 Å². The molecule has 6 heterocycles. The lowest BCUT2D eigenvalue weighted by Crippen LogP contribution is -2.38. The van der Waals surface area contributed by atoms with E-state index in [1.54, 1.807) is 90.9 Å². The Bertz CT molecular complexity index is 4370. The molecule has 0 spiro atoms. The van der Waals surface area contributed by atoms with E-state index in [0.29, 0.717) is 27.4 Å². The minimum Gasteiger partial charge on any atom is -0.287 e. The summed E-state index contributed by atoms with van der Waals surface area (Å²) in [6, 6.07) is 20.8. The van der Waals surface area contributed by atoms with Gasteiger partial charge in [0.15, 0.2) is 0 Å². The molecule has 0 bridgehead atoms. The number of carbonyl (C=O) groups excluding carboxylic acids is 3. The number of aryl methyl sites for hydroxylation is 5. The zero-order valence-electron chi connectivity index (χ0n) is 50.1. The summed E-state index contributed by atoms with van der Waals surface area (Å²) in [5.41, 5.74) is 1.78. The van der Waals surface area contributed by atoms with Crippen molar-refractivity contribution in [2.45, 2.75) is 114 Å². The Morgan fingerprint density at radius 3 is 1.04 bits per heavy atom. The molecule has 3 aromatic carbocycles. The van der Waals surface area contributed by atoms with Crippen LogP contribution in [0, 0.1) is 58.4 Å². The van der Waals surface area contributed by atoms with Crippen LogP contribution >= 0.6 is 23.2 Å². The van der Waals surface area contributed by atoms with E-state index < -0.39 is 75.0 Å². The fraction of sp³-hybridized carbons (Fsp3) is 0.266. The van der Waals surface area contributed by atoms with Crippen LogP contribution in [0.4, 0.5) is 17.6 Å². The number of H-pyrrole nitrogens is 3. The Labute approximate surface area is 515 Å². The number of nitrogens with zero attached hydrogens (tertiary/aromatic N) is 7. The molecule has 25 heteroatoms.